The second-order valence-corrected chi connectivity index (χ2v) is 1.55. The Morgan fingerprint density at radius 3 is 2.57 bits per heavy atom. The van der Waals surface area contributed by atoms with Crippen LogP contribution in [-0.4, -0.2) is 0 Å². The number of rotatable bonds is 3. The van der Waals surface area contributed by atoms with Crippen molar-refractivity contribution in [3.63, 3.8) is 0 Å². The molecular weight excluding hydrogens is 84.1 g/mol. The van der Waals surface area contributed by atoms with E-state index in [0.717, 1.165) is 0 Å². The van der Waals surface area contributed by atoms with Crippen molar-refractivity contribution in [2.24, 2.45) is 0 Å². The molecule has 0 aliphatic carbocycles. The first-order chi connectivity index (χ1) is 3.41. The molecule has 0 rings (SSSR count). The third-order valence-electron chi connectivity index (χ3n) is 0.784. The molecule has 0 spiro atoms. The van der Waals surface area contributed by atoms with Gasteiger partial charge in [0.05, 0.1) is 0 Å². The zero-order valence-corrected chi connectivity index (χ0v) is 5.15. The topological polar surface area (TPSA) is 0 Å². The Bertz CT molecular complexity index is 44.0. The molecule has 0 aliphatic rings. The first-order valence-electron chi connectivity index (χ1n) is 2.86. The van der Waals surface area contributed by atoms with Gasteiger partial charge in [0.2, 0.25) is 0 Å². The monoisotopic (exact) mass is 97.1 g/mol. The van der Waals surface area contributed by atoms with Crippen molar-refractivity contribution in [2.75, 3.05) is 0 Å². The summed E-state index contributed by atoms with van der Waals surface area (Å²) in [6, 6.07) is 0. The zero-order chi connectivity index (χ0) is 5.54. The SMILES string of the molecule is C[CH]/C=C/CCC. The number of allylic oxidation sites excluding steroid dienone is 2. The fourth-order valence-electron chi connectivity index (χ4n) is 0.399. The highest BCUT2D eigenvalue weighted by atomic mass is 13.7. The average Bonchev–Trinajstić information content (AvgIpc) is 1.69. The van der Waals surface area contributed by atoms with Crippen molar-refractivity contribution >= 4 is 0 Å². The van der Waals surface area contributed by atoms with Crippen molar-refractivity contribution in [3.8, 4) is 0 Å². The van der Waals surface area contributed by atoms with Crippen LogP contribution in [0.5, 0.6) is 0 Å². The van der Waals surface area contributed by atoms with Crippen LogP contribution in [-0.2, 0) is 0 Å². The van der Waals surface area contributed by atoms with Gasteiger partial charge in [0, 0.05) is 0 Å². The van der Waals surface area contributed by atoms with E-state index in [1.165, 1.54) is 12.8 Å². The molecule has 0 fully saturated rings. The van der Waals surface area contributed by atoms with Crippen molar-refractivity contribution in [1.29, 1.82) is 0 Å². The van der Waals surface area contributed by atoms with Crippen molar-refractivity contribution in [2.45, 2.75) is 26.7 Å². The van der Waals surface area contributed by atoms with Crippen LogP contribution in [0.1, 0.15) is 26.7 Å². The van der Waals surface area contributed by atoms with Crippen molar-refractivity contribution in [3.05, 3.63) is 18.6 Å². The Morgan fingerprint density at radius 1 is 1.43 bits per heavy atom. The molecule has 0 heteroatoms. The van der Waals surface area contributed by atoms with E-state index in [0.29, 0.717) is 0 Å². The van der Waals surface area contributed by atoms with Crippen LogP contribution in [0.25, 0.3) is 0 Å². The first-order valence-corrected chi connectivity index (χ1v) is 2.86. The fourth-order valence-corrected chi connectivity index (χ4v) is 0.399. The molecule has 1 radical (unpaired) electrons. The maximum atomic E-state index is 2.18. The Kier molecular flexibility index (Phi) is 5.53. The van der Waals surface area contributed by atoms with Gasteiger partial charge in [0.25, 0.3) is 0 Å². The van der Waals surface area contributed by atoms with Gasteiger partial charge in [-0.2, -0.15) is 0 Å². The minimum Gasteiger partial charge on any atom is -0.0883 e. The highest BCUT2D eigenvalue weighted by Crippen LogP contribution is 1.88. The van der Waals surface area contributed by atoms with E-state index in [2.05, 4.69) is 25.5 Å². The molecule has 0 unspecified atom stereocenters. The smallest absolute Gasteiger partial charge is 0.0202 e. The Morgan fingerprint density at radius 2 is 2.14 bits per heavy atom. The predicted molar refractivity (Wildman–Crippen MR) is 34.0 cm³/mol. The minimum absolute atomic E-state index is 1.21. The molecule has 7 heavy (non-hydrogen) atoms. The molecule has 0 bridgehead atoms. The van der Waals surface area contributed by atoms with E-state index in [-0.39, 0.29) is 0 Å². The third kappa shape index (κ3) is 5.74. The van der Waals surface area contributed by atoms with Gasteiger partial charge in [0.15, 0.2) is 0 Å². The largest absolute Gasteiger partial charge is 0.0883 e. The minimum atomic E-state index is 1.21. The molecule has 0 aliphatic heterocycles. The maximum Gasteiger partial charge on any atom is -0.0202 e. The van der Waals surface area contributed by atoms with Gasteiger partial charge >= 0.3 is 0 Å². The highest BCUT2D eigenvalue weighted by Gasteiger charge is 1.68. The molecular formula is C7H13. The van der Waals surface area contributed by atoms with Crippen molar-refractivity contribution in [1.82, 2.24) is 0 Å². The van der Waals surface area contributed by atoms with Gasteiger partial charge in [-0.25, -0.2) is 0 Å². The quantitative estimate of drug-likeness (QED) is 0.507. The van der Waals surface area contributed by atoms with Crippen molar-refractivity contribution < 1.29 is 0 Å². The summed E-state index contributed by atoms with van der Waals surface area (Å²) in [6.45, 7) is 4.21. The molecule has 0 aromatic carbocycles. The van der Waals surface area contributed by atoms with Crippen LogP contribution in [0.15, 0.2) is 12.2 Å². The number of unbranched alkanes of at least 4 members (excludes halogenated alkanes) is 1. The molecule has 0 atom stereocenters. The van der Waals surface area contributed by atoms with Crippen LogP contribution in [0.4, 0.5) is 0 Å². The number of hydrogen-bond acceptors (Lipinski definition) is 0. The standard InChI is InChI=1S/C7H13/c1-3-5-7-6-4-2/h3,5,7H,4,6H2,1-2H3/b7-5+. The molecule has 0 saturated carbocycles. The summed E-state index contributed by atoms with van der Waals surface area (Å²) in [5.41, 5.74) is 0. The van der Waals surface area contributed by atoms with Crippen LogP contribution in [0, 0.1) is 6.42 Å². The molecule has 0 N–H and O–H groups in total. The van der Waals surface area contributed by atoms with Gasteiger partial charge in [-0.05, 0) is 12.8 Å². The van der Waals surface area contributed by atoms with E-state index in [4.69, 9.17) is 0 Å². The second kappa shape index (κ2) is 5.74. The first kappa shape index (κ1) is 6.74. The summed E-state index contributed by atoms with van der Waals surface area (Å²) < 4.78 is 0. The highest BCUT2D eigenvalue weighted by molar-refractivity contribution is 4.90. The molecule has 0 aromatic rings. The number of hydrogen-bond donors (Lipinski definition) is 0. The summed E-state index contributed by atoms with van der Waals surface area (Å²) in [7, 11) is 0. The van der Waals surface area contributed by atoms with Gasteiger partial charge in [-0.3, -0.25) is 0 Å². The lowest BCUT2D eigenvalue weighted by Crippen LogP contribution is -1.59. The Hall–Kier alpha value is -0.260. The Labute approximate surface area is 46.2 Å². The van der Waals surface area contributed by atoms with Gasteiger partial charge in [-0.15, -0.1) is 0 Å². The van der Waals surface area contributed by atoms with Gasteiger partial charge in [0.1, 0.15) is 0 Å². The normalized spacial score (nSPS) is 10.6. The molecule has 0 amide bonds. The van der Waals surface area contributed by atoms with Crippen LogP contribution >= 0.6 is 0 Å². The molecule has 0 heterocycles. The van der Waals surface area contributed by atoms with E-state index in [1.807, 2.05) is 6.92 Å². The van der Waals surface area contributed by atoms with Crippen LogP contribution in [0.3, 0.4) is 0 Å². The second-order valence-electron chi connectivity index (χ2n) is 1.55. The zero-order valence-electron chi connectivity index (χ0n) is 5.15. The average molecular weight is 97.2 g/mol. The lowest BCUT2D eigenvalue weighted by atomic mass is 10.3. The lowest BCUT2D eigenvalue weighted by molar-refractivity contribution is 0.957. The summed E-state index contributed by atoms with van der Waals surface area (Å²) >= 11 is 0. The summed E-state index contributed by atoms with van der Waals surface area (Å²) in [6.07, 6.45) is 8.79. The Balaban J connectivity index is 2.78. The predicted octanol–water partition coefficient (Wildman–Crippen LogP) is 2.57. The molecule has 0 aromatic heterocycles. The maximum absolute atomic E-state index is 2.18. The molecule has 41 valence electrons. The van der Waals surface area contributed by atoms with E-state index < -0.39 is 0 Å². The fraction of sp³-hybridized carbons (Fsp3) is 0.571. The van der Waals surface area contributed by atoms with E-state index in [9.17, 15) is 0 Å². The third-order valence-corrected chi connectivity index (χ3v) is 0.784. The van der Waals surface area contributed by atoms with Gasteiger partial charge in [-0.1, -0.05) is 32.4 Å². The lowest BCUT2D eigenvalue weighted by Gasteiger charge is -1.79. The van der Waals surface area contributed by atoms with E-state index >= 15 is 0 Å². The summed E-state index contributed by atoms with van der Waals surface area (Å²) in [5.74, 6) is 0. The van der Waals surface area contributed by atoms with Gasteiger partial charge < -0.3 is 0 Å². The summed E-state index contributed by atoms with van der Waals surface area (Å²) in [4.78, 5) is 0. The van der Waals surface area contributed by atoms with E-state index in [1.54, 1.807) is 0 Å². The molecule has 0 saturated heterocycles. The van der Waals surface area contributed by atoms with Crippen LogP contribution < -0.4 is 0 Å². The summed E-state index contributed by atoms with van der Waals surface area (Å²) in [5, 5.41) is 0. The molecule has 0 nitrogen and oxygen atoms in total. The van der Waals surface area contributed by atoms with Crippen LogP contribution in [0.2, 0.25) is 0 Å².